The molecule has 0 unspecified atom stereocenters. The Balaban J connectivity index is 3.82. The van der Waals surface area contributed by atoms with E-state index in [1.165, 1.54) is 37.1 Å². The van der Waals surface area contributed by atoms with Gasteiger partial charge in [0.05, 0.1) is 0 Å². The molecule has 9 heavy (non-hydrogen) atoms. The maximum atomic E-state index is 2.37. The van der Waals surface area contributed by atoms with Crippen LogP contribution in [0.3, 0.4) is 0 Å². The molecule has 0 atom stereocenters. The molecular formula is C6H20Si3. The van der Waals surface area contributed by atoms with Crippen LogP contribution in [0.15, 0.2) is 0 Å². The Morgan fingerprint density at radius 1 is 1.00 bits per heavy atom. The summed E-state index contributed by atoms with van der Waals surface area (Å²) < 4.78 is 0. The minimum atomic E-state index is 0.852. The molecule has 0 rings (SSSR count). The maximum Gasteiger partial charge on any atom is 0.00347 e. The summed E-state index contributed by atoms with van der Waals surface area (Å²) >= 11 is 0. The Bertz CT molecular complexity index is 51.2. The summed E-state index contributed by atoms with van der Waals surface area (Å²) in [6.45, 7) is 2.37. The van der Waals surface area contributed by atoms with E-state index in [-0.39, 0.29) is 0 Å². The Morgan fingerprint density at radius 2 is 1.33 bits per heavy atom. The van der Waals surface area contributed by atoms with E-state index < -0.39 is 0 Å². The lowest BCUT2D eigenvalue weighted by Gasteiger charge is -2.28. The molecule has 0 aliphatic carbocycles. The minimum Gasteiger partial charge on any atom is -0.0649 e. The summed E-state index contributed by atoms with van der Waals surface area (Å²) in [5.41, 5.74) is 0.852. The second kappa shape index (κ2) is 4.46. The normalized spacial score (nSPS) is 18.3. The first-order valence-corrected chi connectivity index (χ1v) is 8.49. The van der Waals surface area contributed by atoms with Crippen LogP contribution in [-0.4, -0.2) is 30.7 Å². The second-order valence-electron chi connectivity index (χ2n) is 2.91. The highest BCUT2D eigenvalue weighted by molar-refractivity contribution is 6.15. The van der Waals surface area contributed by atoms with Gasteiger partial charge < -0.3 is 0 Å². The van der Waals surface area contributed by atoms with Gasteiger partial charge in [0, 0.05) is 30.7 Å². The third-order valence-electron chi connectivity index (χ3n) is 3.00. The van der Waals surface area contributed by atoms with E-state index >= 15 is 0 Å². The van der Waals surface area contributed by atoms with Gasteiger partial charge in [-0.15, -0.1) is 0 Å². The Morgan fingerprint density at radius 3 is 1.33 bits per heavy atom. The summed E-state index contributed by atoms with van der Waals surface area (Å²) in [5.74, 6) is 0. The van der Waals surface area contributed by atoms with Crippen LogP contribution in [0, 0.1) is 5.41 Å². The third-order valence-corrected chi connectivity index (χ3v) is 7.50. The fourth-order valence-electron chi connectivity index (χ4n) is 1.50. The van der Waals surface area contributed by atoms with Crippen molar-refractivity contribution in [1.82, 2.24) is 0 Å². The lowest BCUT2D eigenvalue weighted by molar-refractivity contribution is 0.399. The molecule has 0 spiro atoms. The number of hydrogen-bond donors (Lipinski definition) is 0. The molecule has 0 heterocycles. The van der Waals surface area contributed by atoms with Crippen LogP contribution in [0.5, 0.6) is 0 Å². The van der Waals surface area contributed by atoms with Crippen molar-refractivity contribution in [3.8, 4) is 0 Å². The molecule has 0 aromatic heterocycles. The van der Waals surface area contributed by atoms with Gasteiger partial charge in [0.2, 0.25) is 0 Å². The van der Waals surface area contributed by atoms with Crippen molar-refractivity contribution in [2.24, 2.45) is 5.41 Å². The molecular weight excluding hydrogens is 156 g/mol. The van der Waals surface area contributed by atoms with Crippen molar-refractivity contribution < 1.29 is 0 Å². The highest BCUT2D eigenvalue weighted by Crippen LogP contribution is 2.32. The molecule has 0 nitrogen and oxygen atoms in total. The van der Waals surface area contributed by atoms with Crippen molar-refractivity contribution in [2.45, 2.75) is 31.5 Å². The van der Waals surface area contributed by atoms with E-state index in [0.29, 0.717) is 0 Å². The predicted octanol–water partition coefficient (Wildman–Crippen LogP) is -1.27. The second-order valence-corrected chi connectivity index (χ2v) is 5.04. The average molecular weight is 176 g/mol. The molecule has 0 saturated heterocycles. The molecule has 56 valence electrons. The molecule has 0 aromatic carbocycles. The van der Waals surface area contributed by atoms with Gasteiger partial charge >= 0.3 is 0 Å². The monoisotopic (exact) mass is 176 g/mol. The molecule has 0 aliphatic rings. The summed E-state index contributed by atoms with van der Waals surface area (Å²) in [6.07, 6.45) is 1.45. The van der Waals surface area contributed by atoms with Gasteiger partial charge in [-0.1, -0.05) is 31.5 Å². The van der Waals surface area contributed by atoms with Crippen LogP contribution in [0.2, 0.25) is 18.1 Å². The molecule has 3 heteroatoms. The Hall–Kier alpha value is 0.651. The quantitative estimate of drug-likeness (QED) is 0.469. The van der Waals surface area contributed by atoms with Crippen molar-refractivity contribution in [1.29, 1.82) is 0 Å². The van der Waals surface area contributed by atoms with E-state index in [0.717, 1.165) is 5.41 Å². The van der Waals surface area contributed by atoms with Crippen LogP contribution < -0.4 is 0 Å². The zero-order valence-electron chi connectivity index (χ0n) is 7.33. The summed E-state index contributed by atoms with van der Waals surface area (Å²) in [7, 11) is 4.26. The van der Waals surface area contributed by atoms with Crippen LogP contribution in [-0.2, 0) is 0 Å². The first-order chi connectivity index (χ1) is 4.24. The maximum absolute atomic E-state index is 2.37. The van der Waals surface area contributed by atoms with E-state index in [9.17, 15) is 0 Å². The van der Waals surface area contributed by atoms with Crippen LogP contribution >= 0.6 is 0 Å². The fraction of sp³-hybridized carbons (Fsp3) is 1.00. The Kier molecular flexibility index (Phi) is 4.79. The largest absolute Gasteiger partial charge is 0.0649 e. The van der Waals surface area contributed by atoms with Gasteiger partial charge in [0.1, 0.15) is 0 Å². The lowest BCUT2D eigenvalue weighted by Crippen LogP contribution is -2.17. The standard InChI is InChI=1S/C6H20Si3/c1-2-6(3-7,4-8)5-9/h2-5H2,1,7-9H3. The molecule has 0 amide bonds. The molecule has 0 aromatic rings. The highest BCUT2D eigenvalue weighted by Gasteiger charge is 2.19. The highest BCUT2D eigenvalue weighted by atomic mass is 28.2. The molecule has 0 fully saturated rings. The van der Waals surface area contributed by atoms with Crippen LogP contribution in [0.1, 0.15) is 13.3 Å². The SMILES string of the molecule is CCC(C[SiH3])(C[SiH3])C[SiH3]. The molecule has 0 N–H and O–H groups in total. The van der Waals surface area contributed by atoms with E-state index in [1.54, 1.807) is 18.1 Å². The fourth-order valence-corrected chi connectivity index (χ4v) is 9.00. The summed E-state index contributed by atoms with van der Waals surface area (Å²) in [4.78, 5) is 0. The van der Waals surface area contributed by atoms with E-state index in [4.69, 9.17) is 0 Å². The third kappa shape index (κ3) is 2.39. The number of hydrogen-bond acceptors (Lipinski definition) is 0. The van der Waals surface area contributed by atoms with Gasteiger partial charge in [0.15, 0.2) is 0 Å². The number of rotatable bonds is 4. The van der Waals surface area contributed by atoms with Gasteiger partial charge in [-0.2, -0.15) is 0 Å². The predicted molar refractivity (Wildman–Crippen MR) is 57.0 cm³/mol. The van der Waals surface area contributed by atoms with Gasteiger partial charge in [-0.05, 0) is 5.41 Å². The smallest absolute Gasteiger partial charge is 0.00347 e. The van der Waals surface area contributed by atoms with Crippen molar-refractivity contribution in [3.63, 3.8) is 0 Å². The first-order valence-electron chi connectivity index (χ1n) is 4.24. The summed E-state index contributed by atoms with van der Waals surface area (Å²) in [6, 6.07) is 4.66. The van der Waals surface area contributed by atoms with Crippen molar-refractivity contribution in [2.75, 3.05) is 0 Å². The minimum absolute atomic E-state index is 0.852. The van der Waals surface area contributed by atoms with E-state index in [2.05, 4.69) is 6.92 Å². The van der Waals surface area contributed by atoms with Crippen LogP contribution in [0.4, 0.5) is 0 Å². The van der Waals surface area contributed by atoms with Crippen molar-refractivity contribution in [3.05, 3.63) is 0 Å². The Labute approximate surface area is 68.1 Å². The summed E-state index contributed by atoms with van der Waals surface area (Å²) in [5, 5.41) is 0. The van der Waals surface area contributed by atoms with Gasteiger partial charge in [-0.3, -0.25) is 0 Å². The zero-order chi connectivity index (χ0) is 7.33. The van der Waals surface area contributed by atoms with E-state index in [1.807, 2.05) is 0 Å². The molecule has 0 radical (unpaired) electrons. The molecule has 0 bridgehead atoms. The van der Waals surface area contributed by atoms with Gasteiger partial charge in [0.25, 0.3) is 0 Å². The lowest BCUT2D eigenvalue weighted by atomic mass is 9.92. The first kappa shape index (κ1) is 9.65. The average Bonchev–Trinajstić information content (AvgIpc) is 1.95. The molecule has 0 saturated carbocycles. The zero-order valence-corrected chi connectivity index (χ0v) is 13.3. The van der Waals surface area contributed by atoms with Crippen LogP contribution in [0.25, 0.3) is 0 Å². The van der Waals surface area contributed by atoms with Gasteiger partial charge in [-0.25, -0.2) is 0 Å². The topological polar surface area (TPSA) is 0 Å². The molecule has 0 aliphatic heterocycles. The van der Waals surface area contributed by atoms with Crippen molar-refractivity contribution >= 4 is 30.7 Å².